The van der Waals surface area contributed by atoms with Gasteiger partial charge in [0.05, 0.1) is 0 Å². The molecule has 110 valence electrons. The number of piperazine rings is 1. The van der Waals surface area contributed by atoms with Crippen LogP contribution in [0.5, 0.6) is 0 Å². The second-order valence-corrected chi connectivity index (χ2v) is 7.10. The summed E-state index contributed by atoms with van der Waals surface area (Å²) in [5.74, 6) is 0.932. The van der Waals surface area contributed by atoms with Crippen LogP contribution in [0.1, 0.15) is 51.6 Å². The summed E-state index contributed by atoms with van der Waals surface area (Å²) in [4.78, 5) is 2.75. The molecule has 0 bridgehead atoms. The average molecular weight is 272 g/mol. The number of hydrogen-bond donors (Lipinski definition) is 1. The molecule has 2 atom stereocenters. The average Bonchev–Trinajstić information content (AvgIpc) is 3.32. The fraction of sp³-hybridized carbons (Fsp3) is 0.667. The summed E-state index contributed by atoms with van der Waals surface area (Å²) < 4.78 is 0. The molecule has 2 unspecified atom stereocenters. The van der Waals surface area contributed by atoms with Gasteiger partial charge in [0.1, 0.15) is 0 Å². The van der Waals surface area contributed by atoms with Crippen molar-refractivity contribution in [2.75, 3.05) is 13.1 Å². The van der Waals surface area contributed by atoms with Crippen LogP contribution in [-0.4, -0.2) is 29.6 Å². The maximum Gasteiger partial charge on any atom is 0.0478 e. The van der Waals surface area contributed by atoms with Crippen LogP contribution in [0, 0.1) is 5.92 Å². The Balaban J connectivity index is 1.84. The van der Waals surface area contributed by atoms with Gasteiger partial charge in [-0.2, -0.15) is 0 Å². The molecule has 0 amide bonds. The van der Waals surface area contributed by atoms with Gasteiger partial charge in [0, 0.05) is 30.7 Å². The first-order valence-corrected chi connectivity index (χ1v) is 8.17. The molecule has 1 aromatic carbocycles. The van der Waals surface area contributed by atoms with Crippen LogP contribution in [0.2, 0.25) is 0 Å². The quantitative estimate of drug-likeness (QED) is 0.901. The summed E-state index contributed by atoms with van der Waals surface area (Å²) in [5, 5.41) is 3.81. The Morgan fingerprint density at radius 2 is 1.90 bits per heavy atom. The van der Waals surface area contributed by atoms with E-state index >= 15 is 0 Å². The van der Waals surface area contributed by atoms with Crippen molar-refractivity contribution in [1.29, 1.82) is 0 Å². The van der Waals surface area contributed by atoms with Crippen molar-refractivity contribution >= 4 is 0 Å². The van der Waals surface area contributed by atoms with Crippen molar-refractivity contribution < 1.29 is 0 Å². The van der Waals surface area contributed by atoms with Gasteiger partial charge in [0.2, 0.25) is 0 Å². The largest absolute Gasteiger partial charge is 0.311 e. The lowest BCUT2D eigenvalue weighted by atomic mass is 9.90. The van der Waals surface area contributed by atoms with E-state index in [0.717, 1.165) is 12.5 Å². The normalized spacial score (nSPS) is 28.6. The van der Waals surface area contributed by atoms with E-state index in [2.05, 4.69) is 61.3 Å². The molecule has 2 aliphatic rings. The SMILES string of the molecule is CCC(C)(C)N1CC(C2CC2)NCC1c1ccccc1. The summed E-state index contributed by atoms with van der Waals surface area (Å²) in [6, 6.07) is 12.2. The second-order valence-electron chi connectivity index (χ2n) is 7.10. The molecule has 3 rings (SSSR count). The fourth-order valence-electron chi connectivity index (χ4n) is 3.44. The molecular formula is C18H28N2. The minimum Gasteiger partial charge on any atom is -0.311 e. The predicted molar refractivity (Wildman–Crippen MR) is 84.8 cm³/mol. The van der Waals surface area contributed by atoms with E-state index in [4.69, 9.17) is 0 Å². The number of hydrogen-bond acceptors (Lipinski definition) is 2. The van der Waals surface area contributed by atoms with Gasteiger partial charge in [0.15, 0.2) is 0 Å². The van der Waals surface area contributed by atoms with E-state index in [-0.39, 0.29) is 5.54 Å². The first-order valence-electron chi connectivity index (χ1n) is 8.17. The number of benzene rings is 1. The Kier molecular flexibility index (Phi) is 3.87. The van der Waals surface area contributed by atoms with E-state index in [9.17, 15) is 0 Å². The van der Waals surface area contributed by atoms with E-state index in [0.29, 0.717) is 12.1 Å². The molecule has 1 heterocycles. The van der Waals surface area contributed by atoms with E-state index < -0.39 is 0 Å². The third-order valence-corrected chi connectivity index (χ3v) is 5.36. The molecule has 2 nitrogen and oxygen atoms in total. The predicted octanol–water partition coefficient (Wildman–Crippen LogP) is 3.60. The third-order valence-electron chi connectivity index (χ3n) is 5.36. The number of nitrogens with one attached hydrogen (secondary N) is 1. The van der Waals surface area contributed by atoms with Gasteiger partial charge in [-0.15, -0.1) is 0 Å². The van der Waals surface area contributed by atoms with Crippen LogP contribution in [0.15, 0.2) is 30.3 Å². The molecule has 1 saturated heterocycles. The molecule has 1 saturated carbocycles. The highest BCUT2D eigenvalue weighted by Gasteiger charge is 2.41. The highest BCUT2D eigenvalue weighted by atomic mass is 15.3. The van der Waals surface area contributed by atoms with Crippen molar-refractivity contribution in [3.05, 3.63) is 35.9 Å². The summed E-state index contributed by atoms with van der Waals surface area (Å²) in [6.45, 7) is 9.41. The maximum atomic E-state index is 3.81. The third kappa shape index (κ3) is 2.77. The minimum absolute atomic E-state index is 0.274. The molecule has 0 spiro atoms. The molecule has 0 radical (unpaired) electrons. The van der Waals surface area contributed by atoms with E-state index in [1.54, 1.807) is 0 Å². The van der Waals surface area contributed by atoms with Crippen molar-refractivity contribution in [2.45, 2.75) is 57.7 Å². The highest BCUT2D eigenvalue weighted by molar-refractivity contribution is 5.21. The molecule has 2 fully saturated rings. The van der Waals surface area contributed by atoms with Crippen LogP contribution in [0.4, 0.5) is 0 Å². The molecule has 2 heteroatoms. The maximum absolute atomic E-state index is 3.81. The molecule has 1 aromatic rings. The Labute approximate surface area is 123 Å². The van der Waals surface area contributed by atoms with E-state index in [1.165, 1.54) is 31.4 Å². The fourth-order valence-corrected chi connectivity index (χ4v) is 3.44. The molecule has 20 heavy (non-hydrogen) atoms. The summed E-state index contributed by atoms with van der Waals surface area (Å²) in [6.07, 6.45) is 4.05. The lowest BCUT2D eigenvalue weighted by molar-refractivity contribution is 0.0231. The first-order chi connectivity index (χ1) is 9.62. The van der Waals surface area contributed by atoms with Crippen LogP contribution >= 0.6 is 0 Å². The zero-order valence-corrected chi connectivity index (χ0v) is 13.1. The van der Waals surface area contributed by atoms with Crippen LogP contribution in [0.3, 0.4) is 0 Å². The summed E-state index contributed by atoms with van der Waals surface area (Å²) in [5.41, 5.74) is 1.73. The molecule has 1 aliphatic heterocycles. The van der Waals surface area contributed by atoms with Crippen molar-refractivity contribution in [1.82, 2.24) is 10.2 Å². The Hall–Kier alpha value is -0.860. The zero-order valence-electron chi connectivity index (χ0n) is 13.1. The highest BCUT2D eigenvalue weighted by Crippen LogP contribution is 2.39. The monoisotopic (exact) mass is 272 g/mol. The van der Waals surface area contributed by atoms with Crippen LogP contribution in [0.25, 0.3) is 0 Å². The van der Waals surface area contributed by atoms with Crippen molar-refractivity contribution in [3.8, 4) is 0 Å². The van der Waals surface area contributed by atoms with Crippen LogP contribution < -0.4 is 5.32 Å². The van der Waals surface area contributed by atoms with Gasteiger partial charge in [0.25, 0.3) is 0 Å². The summed E-state index contributed by atoms with van der Waals surface area (Å²) >= 11 is 0. The van der Waals surface area contributed by atoms with Crippen molar-refractivity contribution in [2.24, 2.45) is 5.92 Å². The second kappa shape index (κ2) is 5.50. The van der Waals surface area contributed by atoms with Gasteiger partial charge >= 0.3 is 0 Å². The minimum atomic E-state index is 0.274. The van der Waals surface area contributed by atoms with Gasteiger partial charge in [-0.25, -0.2) is 0 Å². The van der Waals surface area contributed by atoms with Gasteiger partial charge in [-0.05, 0) is 44.6 Å². The molecular weight excluding hydrogens is 244 g/mol. The van der Waals surface area contributed by atoms with Gasteiger partial charge in [-0.1, -0.05) is 37.3 Å². The van der Waals surface area contributed by atoms with Gasteiger partial charge in [-0.3, -0.25) is 4.90 Å². The Bertz CT molecular complexity index is 436. The van der Waals surface area contributed by atoms with Crippen LogP contribution in [-0.2, 0) is 0 Å². The van der Waals surface area contributed by atoms with Crippen molar-refractivity contribution in [3.63, 3.8) is 0 Å². The Morgan fingerprint density at radius 3 is 2.50 bits per heavy atom. The van der Waals surface area contributed by atoms with E-state index in [1.807, 2.05) is 0 Å². The topological polar surface area (TPSA) is 15.3 Å². The molecule has 1 N–H and O–H groups in total. The lowest BCUT2D eigenvalue weighted by Gasteiger charge is -2.49. The Morgan fingerprint density at radius 1 is 1.20 bits per heavy atom. The number of nitrogens with zero attached hydrogens (tertiary/aromatic N) is 1. The first kappa shape index (κ1) is 14.1. The zero-order chi connectivity index (χ0) is 14.2. The molecule has 1 aliphatic carbocycles. The standard InChI is InChI=1S/C18H28N2/c1-4-18(2,3)20-13-16(14-10-11-14)19-12-17(20)15-8-6-5-7-9-15/h5-9,14,16-17,19H,4,10-13H2,1-3H3. The lowest BCUT2D eigenvalue weighted by Crippen LogP contribution is -2.59. The summed E-state index contributed by atoms with van der Waals surface area (Å²) in [7, 11) is 0. The number of rotatable bonds is 4. The van der Waals surface area contributed by atoms with Gasteiger partial charge < -0.3 is 5.32 Å². The molecule has 0 aromatic heterocycles. The smallest absolute Gasteiger partial charge is 0.0478 e.